The first-order chi connectivity index (χ1) is 6.00. The number of rotatable bonds is 1. The molecule has 0 saturated heterocycles. The first kappa shape index (κ1) is 10.8. The number of ether oxygens (including phenoxy) is 1. The van der Waals surface area contributed by atoms with Crippen LogP contribution in [0.15, 0.2) is 0 Å². The molecule has 6 nitrogen and oxygen atoms in total. The Balaban J connectivity index is 2.79. The molecule has 6 heteroatoms. The van der Waals surface area contributed by atoms with Crippen LogP contribution >= 0.6 is 0 Å². The summed E-state index contributed by atoms with van der Waals surface area (Å²) in [6.07, 6.45) is -8.48. The van der Waals surface area contributed by atoms with Gasteiger partial charge in [-0.05, 0) is 0 Å². The van der Waals surface area contributed by atoms with E-state index in [0.29, 0.717) is 0 Å². The molecule has 13 heavy (non-hydrogen) atoms. The standard InChI is InChI=1S/C7H14O6/c1-13-7-5(11)3(9)2(8)4(10)6(7)12/h2-12H,1H3/t2?,3-,4-,5+,6?,7?/m0/s1. The van der Waals surface area contributed by atoms with Crippen molar-refractivity contribution in [1.82, 2.24) is 0 Å². The fourth-order valence-corrected chi connectivity index (χ4v) is 1.48. The highest BCUT2D eigenvalue weighted by Gasteiger charge is 2.48. The lowest BCUT2D eigenvalue weighted by Crippen LogP contribution is -2.64. The Labute approximate surface area is 75.0 Å². The highest BCUT2D eigenvalue weighted by Crippen LogP contribution is 2.23. The highest BCUT2D eigenvalue weighted by molar-refractivity contribution is 4.99. The molecule has 0 aromatic heterocycles. The molecule has 0 spiro atoms. The van der Waals surface area contributed by atoms with Gasteiger partial charge < -0.3 is 30.3 Å². The number of hydrogen-bond acceptors (Lipinski definition) is 6. The molecule has 0 aliphatic heterocycles. The molecule has 3 unspecified atom stereocenters. The van der Waals surface area contributed by atoms with E-state index in [4.69, 9.17) is 5.11 Å². The lowest BCUT2D eigenvalue weighted by Gasteiger charge is -2.40. The van der Waals surface area contributed by atoms with Crippen LogP contribution < -0.4 is 0 Å². The van der Waals surface area contributed by atoms with Crippen LogP contribution in [0, 0.1) is 0 Å². The quantitative estimate of drug-likeness (QED) is 0.301. The smallest absolute Gasteiger partial charge is 0.114 e. The minimum absolute atomic E-state index is 1.09. The van der Waals surface area contributed by atoms with Crippen molar-refractivity contribution in [3.63, 3.8) is 0 Å². The Bertz CT molecular complexity index is 158. The zero-order valence-corrected chi connectivity index (χ0v) is 7.11. The molecule has 0 aromatic carbocycles. The van der Waals surface area contributed by atoms with Crippen LogP contribution in [0.1, 0.15) is 0 Å². The van der Waals surface area contributed by atoms with Gasteiger partial charge in [0.25, 0.3) is 0 Å². The molecule has 78 valence electrons. The third-order valence-electron chi connectivity index (χ3n) is 2.35. The summed E-state index contributed by atoms with van der Waals surface area (Å²) in [7, 11) is 1.23. The van der Waals surface area contributed by atoms with Crippen LogP contribution in [0.5, 0.6) is 0 Å². The van der Waals surface area contributed by atoms with Gasteiger partial charge in [-0.25, -0.2) is 0 Å². The summed E-state index contributed by atoms with van der Waals surface area (Å²) in [5, 5.41) is 46.1. The number of aliphatic hydroxyl groups is 5. The lowest BCUT2D eigenvalue weighted by molar-refractivity contribution is -0.229. The van der Waals surface area contributed by atoms with E-state index in [1.54, 1.807) is 0 Å². The minimum atomic E-state index is -1.56. The predicted octanol–water partition coefficient (Wildman–Crippen LogP) is -3.18. The van der Waals surface area contributed by atoms with Crippen LogP contribution in [0.3, 0.4) is 0 Å². The maximum atomic E-state index is 9.29. The highest BCUT2D eigenvalue weighted by atomic mass is 16.5. The largest absolute Gasteiger partial charge is 0.387 e. The molecular weight excluding hydrogens is 180 g/mol. The molecule has 0 bridgehead atoms. The second-order valence-corrected chi connectivity index (χ2v) is 3.15. The number of hydrogen-bond donors (Lipinski definition) is 5. The summed E-state index contributed by atoms with van der Waals surface area (Å²) in [4.78, 5) is 0. The van der Waals surface area contributed by atoms with Crippen molar-refractivity contribution in [2.75, 3.05) is 7.11 Å². The van der Waals surface area contributed by atoms with E-state index in [2.05, 4.69) is 4.74 Å². The van der Waals surface area contributed by atoms with E-state index < -0.39 is 36.6 Å². The molecule has 1 aliphatic carbocycles. The summed E-state index contributed by atoms with van der Waals surface area (Å²) < 4.78 is 4.67. The molecule has 1 rings (SSSR count). The molecule has 5 N–H and O–H groups in total. The van der Waals surface area contributed by atoms with Crippen molar-refractivity contribution in [3.8, 4) is 0 Å². The molecule has 1 saturated carbocycles. The zero-order chi connectivity index (χ0) is 10.2. The monoisotopic (exact) mass is 194 g/mol. The Hall–Kier alpha value is -0.240. The molecule has 0 heterocycles. The number of methoxy groups -OCH3 is 1. The topological polar surface area (TPSA) is 110 Å². The van der Waals surface area contributed by atoms with E-state index in [0.717, 1.165) is 0 Å². The first-order valence-corrected chi connectivity index (χ1v) is 3.93. The molecular formula is C7H14O6. The summed E-state index contributed by atoms with van der Waals surface area (Å²) in [6.45, 7) is 0. The first-order valence-electron chi connectivity index (χ1n) is 3.93. The zero-order valence-electron chi connectivity index (χ0n) is 7.11. The number of aliphatic hydroxyl groups excluding tert-OH is 5. The van der Waals surface area contributed by atoms with Gasteiger partial charge in [-0.3, -0.25) is 0 Å². The van der Waals surface area contributed by atoms with Crippen molar-refractivity contribution >= 4 is 0 Å². The van der Waals surface area contributed by atoms with Gasteiger partial charge in [0.1, 0.15) is 36.6 Å². The summed E-state index contributed by atoms with van der Waals surface area (Å²) >= 11 is 0. The summed E-state index contributed by atoms with van der Waals surface area (Å²) in [5.41, 5.74) is 0. The normalized spacial score (nSPS) is 52.2. The van der Waals surface area contributed by atoms with Crippen molar-refractivity contribution in [2.45, 2.75) is 36.6 Å². The van der Waals surface area contributed by atoms with Crippen LogP contribution in [0.2, 0.25) is 0 Å². The molecule has 0 radical (unpaired) electrons. The SMILES string of the molecule is COC1C(O)[C@@H](O)C(O)[C@H](O)[C@H]1O. The van der Waals surface area contributed by atoms with E-state index in [1.807, 2.05) is 0 Å². The Kier molecular flexibility index (Phi) is 3.23. The van der Waals surface area contributed by atoms with Gasteiger partial charge in [0.2, 0.25) is 0 Å². The van der Waals surface area contributed by atoms with Gasteiger partial charge in [0, 0.05) is 7.11 Å². The van der Waals surface area contributed by atoms with Crippen LogP contribution in [-0.2, 0) is 4.74 Å². The van der Waals surface area contributed by atoms with Gasteiger partial charge in [-0.15, -0.1) is 0 Å². The molecule has 6 atom stereocenters. The lowest BCUT2D eigenvalue weighted by atomic mass is 9.85. The van der Waals surface area contributed by atoms with E-state index in [1.165, 1.54) is 7.11 Å². The fraction of sp³-hybridized carbons (Fsp3) is 1.00. The molecule has 1 aliphatic rings. The third-order valence-corrected chi connectivity index (χ3v) is 2.35. The molecule has 0 amide bonds. The Morgan fingerprint density at radius 1 is 0.692 bits per heavy atom. The van der Waals surface area contributed by atoms with Crippen molar-refractivity contribution in [3.05, 3.63) is 0 Å². The maximum Gasteiger partial charge on any atom is 0.114 e. The van der Waals surface area contributed by atoms with Crippen molar-refractivity contribution < 1.29 is 30.3 Å². The average molecular weight is 194 g/mol. The predicted molar refractivity (Wildman–Crippen MR) is 40.8 cm³/mol. The molecule has 0 aromatic rings. The molecule has 1 fully saturated rings. The second-order valence-electron chi connectivity index (χ2n) is 3.15. The Morgan fingerprint density at radius 2 is 1.00 bits per heavy atom. The third kappa shape index (κ3) is 1.69. The second kappa shape index (κ2) is 3.87. The van der Waals surface area contributed by atoms with Crippen LogP contribution in [0.4, 0.5) is 0 Å². The Morgan fingerprint density at radius 3 is 1.31 bits per heavy atom. The van der Waals surface area contributed by atoms with E-state index >= 15 is 0 Å². The van der Waals surface area contributed by atoms with Crippen molar-refractivity contribution in [1.29, 1.82) is 0 Å². The van der Waals surface area contributed by atoms with Crippen LogP contribution in [-0.4, -0.2) is 69.3 Å². The van der Waals surface area contributed by atoms with Gasteiger partial charge >= 0.3 is 0 Å². The van der Waals surface area contributed by atoms with Gasteiger partial charge in [0.15, 0.2) is 0 Å². The average Bonchev–Trinajstić information content (AvgIpc) is 2.13. The maximum absolute atomic E-state index is 9.29. The summed E-state index contributed by atoms with van der Waals surface area (Å²) in [6, 6.07) is 0. The van der Waals surface area contributed by atoms with E-state index in [-0.39, 0.29) is 0 Å². The fourth-order valence-electron chi connectivity index (χ4n) is 1.48. The summed E-state index contributed by atoms with van der Waals surface area (Å²) in [5.74, 6) is 0. The van der Waals surface area contributed by atoms with Gasteiger partial charge in [-0.2, -0.15) is 0 Å². The van der Waals surface area contributed by atoms with Gasteiger partial charge in [-0.1, -0.05) is 0 Å². The minimum Gasteiger partial charge on any atom is -0.387 e. The van der Waals surface area contributed by atoms with Gasteiger partial charge in [0.05, 0.1) is 0 Å². The van der Waals surface area contributed by atoms with E-state index in [9.17, 15) is 20.4 Å². The van der Waals surface area contributed by atoms with Crippen LogP contribution in [0.25, 0.3) is 0 Å². The van der Waals surface area contributed by atoms with Crippen molar-refractivity contribution in [2.24, 2.45) is 0 Å².